The Morgan fingerprint density at radius 1 is 1.19 bits per heavy atom. The topological polar surface area (TPSA) is 84.9 Å². The van der Waals surface area contributed by atoms with Gasteiger partial charge in [-0.3, -0.25) is 19.8 Å². The Balaban J connectivity index is 2.18. The van der Waals surface area contributed by atoms with Crippen molar-refractivity contribution < 1.29 is 23.9 Å². The normalized spacial score (nSPS) is 23.3. The number of nitrogens with zero attached hydrogens (tertiary/aromatic N) is 1. The van der Waals surface area contributed by atoms with E-state index in [1.54, 1.807) is 0 Å². The highest BCUT2D eigenvalue weighted by molar-refractivity contribution is 6.19. The summed E-state index contributed by atoms with van der Waals surface area (Å²) in [6.45, 7) is 0.360. The summed E-state index contributed by atoms with van der Waals surface area (Å²) in [4.78, 5) is 38.0. The lowest BCUT2D eigenvalue weighted by Crippen LogP contribution is -2.65. The van der Waals surface area contributed by atoms with Crippen LogP contribution in [0.3, 0.4) is 0 Å². The summed E-state index contributed by atoms with van der Waals surface area (Å²) in [5, 5.41) is 2.32. The minimum atomic E-state index is -1.07. The third-order valence-corrected chi connectivity index (χ3v) is 4.33. The number of nitrogens with one attached hydrogen (secondary N) is 1. The van der Waals surface area contributed by atoms with Crippen molar-refractivity contribution in [2.24, 2.45) is 5.41 Å². The van der Waals surface area contributed by atoms with Crippen LogP contribution in [-0.2, 0) is 19.1 Å². The SMILES string of the molecule is COCC(CN1C(=O)NC(=O)C2(CCCCC2)C1=O)OC. The van der Waals surface area contributed by atoms with Crippen molar-refractivity contribution in [1.82, 2.24) is 10.2 Å². The predicted molar refractivity (Wildman–Crippen MR) is 73.4 cm³/mol. The number of urea groups is 1. The quantitative estimate of drug-likeness (QED) is 0.754. The van der Waals surface area contributed by atoms with Crippen LogP contribution in [0, 0.1) is 5.41 Å². The van der Waals surface area contributed by atoms with E-state index in [-0.39, 0.29) is 13.2 Å². The molecule has 1 saturated carbocycles. The van der Waals surface area contributed by atoms with Crippen molar-refractivity contribution >= 4 is 17.8 Å². The smallest absolute Gasteiger partial charge is 0.330 e. The van der Waals surface area contributed by atoms with E-state index in [0.29, 0.717) is 12.8 Å². The van der Waals surface area contributed by atoms with Crippen molar-refractivity contribution in [2.75, 3.05) is 27.4 Å². The fourth-order valence-electron chi connectivity index (χ4n) is 3.08. The van der Waals surface area contributed by atoms with Gasteiger partial charge in [0.05, 0.1) is 19.3 Å². The van der Waals surface area contributed by atoms with Crippen LogP contribution < -0.4 is 5.32 Å². The molecule has 1 aliphatic carbocycles. The average molecular weight is 298 g/mol. The number of barbiturate groups is 1. The van der Waals surface area contributed by atoms with Gasteiger partial charge in [-0.25, -0.2) is 4.79 Å². The van der Waals surface area contributed by atoms with Crippen LogP contribution in [0.2, 0.25) is 0 Å². The van der Waals surface area contributed by atoms with E-state index in [4.69, 9.17) is 9.47 Å². The van der Waals surface area contributed by atoms with Crippen LogP contribution in [0.5, 0.6) is 0 Å². The van der Waals surface area contributed by atoms with Crippen molar-refractivity contribution in [3.8, 4) is 0 Å². The van der Waals surface area contributed by atoms with Crippen LogP contribution in [0.25, 0.3) is 0 Å². The van der Waals surface area contributed by atoms with E-state index in [9.17, 15) is 14.4 Å². The standard InChI is InChI=1S/C14H22N2O5/c1-20-9-10(21-2)8-16-12(18)14(6-4-3-5-7-14)11(17)15-13(16)19/h10H,3-9H2,1-2H3,(H,15,17,19). The van der Waals surface area contributed by atoms with E-state index in [1.165, 1.54) is 14.2 Å². The van der Waals surface area contributed by atoms with Crippen molar-refractivity contribution in [1.29, 1.82) is 0 Å². The number of imide groups is 2. The minimum Gasteiger partial charge on any atom is -0.382 e. The Morgan fingerprint density at radius 2 is 1.86 bits per heavy atom. The molecule has 7 nitrogen and oxygen atoms in total. The number of hydrogen-bond acceptors (Lipinski definition) is 5. The summed E-state index contributed by atoms with van der Waals surface area (Å²) >= 11 is 0. The van der Waals surface area contributed by atoms with E-state index >= 15 is 0 Å². The third kappa shape index (κ3) is 2.94. The molecule has 1 atom stereocenters. The van der Waals surface area contributed by atoms with Crippen LogP contribution in [0.15, 0.2) is 0 Å². The zero-order valence-corrected chi connectivity index (χ0v) is 12.5. The Bertz CT molecular complexity index is 431. The van der Waals surface area contributed by atoms with Crippen molar-refractivity contribution in [2.45, 2.75) is 38.2 Å². The van der Waals surface area contributed by atoms with Crippen LogP contribution in [0.1, 0.15) is 32.1 Å². The molecule has 1 N–H and O–H groups in total. The van der Waals surface area contributed by atoms with Gasteiger partial charge in [0.2, 0.25) is 11.8 Å². The summed E-state index contributed by atoms with van der Waals surface area (Å²) < 4.78 is 10.2. The molecule has 1 spiro atoms. The minimum absolute atomic E-state index is 0.0873. The lowest BCUT2D eigenvalue weighted by Gasteiger charge is -2.42. The van der Waals surface area contributed by atoms with Gasteiger partial charge in [-0.15, -0.1) is 0 Å². The molecule has 1 saturated heterocycles. The number of rotatable bonds is 5. The molecule has 7 heteroatoms. The molecule has 21 heavy (non-hydrogen) atoms. The van der Waals surface area contributed by atoms with Crippen LogP contribution >= 0.6 is 0 Å². The second kappa shape index (κ2) is 6.53. The molecular formula is C14H22N2O5. The average Bonchev–Trinajstić information content (AvgIpc) is 2.49. The Kier molecular flexibility index (Phi) is 4.95. The number of carbonyl (C=O) groups excluding carboxylic acids is 3. The lowest BCUT2D eigenvalue weighted by molar-refractivity contribution is -0.155. The van der Waals surface area contributed by atoms with Gasteiger partial charge in [-0.05, 0) is 12.8 Å². The second-order valence-electron chi connectivity index (χ2n) is 5.63. The first-order chi connectivity index (χ1) is 10.0. The number of carbonyl (C=O) groups is 3. The maximum Gasteiger partial charge on any atom is 0.330 e. The van der Waals surface area contributed by atoms with E-state index in [2.05, 4.69) is 5.32 Å². The molecule has 0 radical (unpaired) electrons. The molecule has 2 rings (SSSR count). The van der Waals surface area contributed by atoms with E-state index in [0.717, 1.165) is 24.2 Å². The summed E-state index contributed by atoms with van der Waals surface area (Å²) in [7, 11) is 3.02. The number of amides is 4. The molecule has 0 aromatic rings. The molecule has 2 fully saturated rings. The van der Waals surface area contributed by atoms with Crippen LogP contribution in [-0.4, -0.2) is 56.2 Å². The van der Waals surface area contributed by atoms with Gasteiger partial charge in [-0.1, -0.05) is 19.3 Å². The van der Waals surface area contributed by atoms with Gasteiger partial charge >= 0.3 is 6.03 Å². The lowest BCUT2D eigenvalue weighted by atomic mass is 9.71. The number of ether oxygens (including phenoxy) is 2. The van der Waals surface area contributed by atoms with Gasteiger partial charge in [0, 0.05) is 14.2 Å². The summed E-state index contributed by atoms with van der Waals surface area (Å²) in [5.41, 5.74) is -1.07. The van der Waals surface area contributed by atoms with E-state index in [1.807, 2.05) is 0 Å². The highest BCUT2D eigenvalue weighted by atomic mass is 16.5. The van der Waals surface area contributed by atoms with Crippen molar-refractivity contribution in [3.05, 3.63) is 0 Å². The predicted octanol–water partition coefficient (Wildman–Crippen LogP) is 0.677. The fraction of sp³-hybridized carbons (Fsp3) is 0.786. The molecule has 1 heterocycles. The Labute approximate surface area is 123 Å². The molecule has 1 aliphatic heterocycles. The molecule has 0 bridgehead atoms. The maximum absolute atomic E-state index is 12.7. The number of methoxy groups -OCH3 is 2. The molecule has 2 aliphatic rings. The highest BCUT2D eigenvalue weighted by Crippen LogP contribution is 2.40. The van der Waals surface area contributed by atoms with Crippen LogP contribution in [0.4, 0.5) is 4.79 Å². The van der Waals surface area contributed by atoms with Gasteiger partial charge in [0.15, 0.2) is 0 Å². The van der Waals surface area contributed by atoms with Gasteiger partial charge < -0.3 is 9.47 Å². The zero-order valence-electron chi connectivity index (χ0n) is 12.5. The molecular weight excluding hydrogens is 276 g/mol. The number of hydrogen-bond donors (Lipinski definition) is 1. The summed E-state index contributed by atoms with van der Waals surface area (Å²) in [5.74, 6) is -0.844. The first kappa shape index (κ1) is 15.9. The van der Waals surface area contributed by atoms with E-state index < -0.39 is 29.4 Å². The molecule has 4 amide bonds. The fourth-order valence-corrected chi connectivity index (χ4v) is 3.08. The molecule has 0 aromatic carbocycles. The monoisotopic (exact) mass is 298 g/mol. The highest BCUT2D eigenvalue weighted by Gasteiger charge is 2.54. The van der Waals surface area contributed by atoms with Gasteiger partial charge in [-0.2, -0.15) is 0 Å². The second-order valence-corrected chi connectivity index (χ2v) is 5.63. The Morgan fingerprint density at radius 3 is 2.43 bits per heavy atom. The summed E-state index contributed by atoms with van der Waals surface area (Å²) in [6, 6.07) is -0.667. The zero-order chi connectivity index (χ0) is 15.5. The maximum atomic E-state index is 12.7. The molecule has 0 aromatic heterocycles. The van der Waals surface area contributed by atoms with Crippen molar-refractivity contribution in [3.63, 3.8) is 0 Å². The largest absolute Gasteiger partial charge is 0.382 e. The summed E-state index contributed by atoms with van der Waals surface area (Å²) in [6.07, 6.45) is 3.27. The van der Waals surface area contributed by atoms with Gasteiger partial charge in [0.25, 0.3) is 0 Å². The molecule has 1 unspecified atom stereocenters. The van der Waals surface area contributed by atoms with Gasteiger partial charge in [0.1, 0.15) is 5.41 Å². The molecule has 118 valence electrons. The third-order valence-electron chi connectivity index (χ3n) is 4.33. The first-order valence-corrected chi connectivity index (χ1v) is 7.24. The Hall–Kier alpha value is -1.47. The first-order valence-electron chi connectivity index (χ1n) is 7.24.